The van der Waals surface area contributed by atoms with Gasteiger partial charge in [-0.05, 0) is 43.0 Å². The quantitative estimate of drug-likeness (QED) is 0.411. The van der Waals surface area contributed by atoms with Crippen LogP contribution in [-0.2, 0) is 5.75 Å². The third kappa shape index (κ3) is 1.49. The van der Waals surface area contributed by atoms with Crippen molar-refractivity contribution >= 4 is 18.3 Å². The molecule has 0 aliphatic heterocycles. The first-order valence-corrected chi connectivity index (χ1v) is 5.13. The standard InChI is InChI=1S/C12H15NS/c1-5-10-7(2)11(6-14)9(4)12(13)8(10)3/h1,14H,6,13H2,2-4H3. The van der Waals surface area contributed by atoms with Crippen molar-refractivity contribution in [2.75, 3.05) is 5.73 Å². The molecule has 1 rings (SSSR count). The summed E-state index contributed by atoms with van der Waals surface area (Å²) >= 11 is 4.29. The number of benzene rings is 1. The van der Waals surface area contributed by atoms with Gasteiger partial charge in [0.2, 0.25) is 0 Å². The van der Waals surface area contributed by atoms with Crippen LogP contribution in [-0.4, -0.2) is 0 Å². The highest BCUT2D eigenvalue weighted by atomic mass is 32.1. The molecule has 1 nitrogen and oxygen atoms in total. The number of nitrogens with two attached hydrogens (primary N) is 1. The predicted molar refractivity (Wildman–Crippen MR) is 65.7 cm³/mol. The van der Waals surface area contributed by atoms with Crippen LogP contribution in [0.1, 0.15) is 27.8 Å². The molecule has 2 N–H and O–H groups in total. The zero-order valence-corrected chi connectivity index (χ0v) is 9.70. The molecule has 0 bridgehead atoms. The first kappa shape index (κ1) is 11.0. The van der Waals surface area contributed by atoms with Gasteiger partial charge >= 0.3 is 0 Å². The highest BCUT2D eigenvalue weighted by Crippen LogP contribution is 2.29. The molecule has 0 aliphatic rings. The van der Waals surface area contributed by atoms with E-state index in [9.17, 15) is 0 Å². The van der Waals surface area contributed by atoms with E-state index >= 15 is 0 Å². The van der Waals surface area contributed by atoms with Gasteiger partial charge in [-0.15, -0.1) is 6.42 Å². The van der Waals surface area contributed by atoms with Crippen molar-refractivity contribution in [3.8, 4) is 12.3 Å². The molecule has 0 atom stereocenters. The summed E-state index contributed by atoms with van der Waals surface area (Å²) in [7, 11) is 0. The van der Waals surface area contributed by atoms with Crippen LogP contribution in [0.3, 0.4) is 0 Å². The normalized spacial score (nSPS) is 9.93. The van der Waals surface area contributed by atoms with Crippen LogP contribution < -0.4 is 5.73 Å². The monoisotopic (exact) mass is 205 g/mol. The SMILES string of the molecule is C#Cc1c(C)c(N)c(C)c(CS)c1C. The van der Waals surface area contributed by atoms with Crippen LogP contribution in [0.5, 0.6) is 0 Å². The van der Waals surface area contributed by atoms with Gasteiger partial charge in [0, 0.05) is 17.0 Å². The Morgan fingerprint density at radius 1 is 1.21 bits per heavy atom. The topological polar surface area (TPSA) is 26.0 Å². The number of hydrogen-bond donors (Lipinski definition) is 2. The molecule has 1 aromatic carbocycles. The van der Waals surface area contributed by atoms with Crippen molar-refractivity contribution in [2.45, 2.75) is 26.5 Å². The fourth-order valence-corrected chi connectivity index (χ4v) is 2.22. The van der Waals surface area contributed by atoms with E-state index in [0.29, 0.717) is 5.75 Å². The minimum Gasteiger partial charge on any atom is -0.398 e. The van der Waals surface area contributed by atoms with Crippen LogP contribution in [0, 0.1) is 33.1 Å². The van der Waals surface area contributed by atoms with Gasteiger partial charge in [-0.1, -0.05) is 5.92 Å². The molecular weight excluding hydrogens is 190 g/mol. The molecule has 0 unspecified atom stereocenters. The maximum absolute atomic E-state index is 5.97. The lowest BCUT2D eigenvalue weighted by molar-refractivity contribution is 1.21. The average molecular weight is 205 g/mol. The number of terminal acetylenes is 1. The van der Waals surface area contributed by atoms with Gasteiger partial charge in [0.25, 0.3) is 0 Å². The molecule has 0 fully saturated rings. The van der Waals surface area contributed by atoms with Gasteiger partial charge in [0.1, 0.15) is 0 Å². The molecule has 14 heavy (non-hydrogen) atoms. The van der Waals surface area contributed by atoms with E-state index in [1.54, 1.807) is 0 Å². The summed E-state index contributed by atoms with van der Waals surface area (Å²) in [6.45, 7) is 6.01. The van der Waals surface area contributed by atoms with E-state index in [0.717, 1.165) is 33.5 Å². The number of nitrogen functional groups attached to an aromatic ring is 1. The molecule has 0 aromatic heterocycles. The number of anilines is 1. The highest BCUT2D eigenvalue weighted by Gasteiger charge is 2.12. The summed E-state index contributed by atoms with van der Waals surface area (Å²) in [5.41, 5.74) is 12.1. The van der Waals surface area contributed by atoms with Crippen LogP contribution in [0.4, 0.5) is 5.69 Å². The fourth-order valence-electron chi connectivity index (χ4n) is 1.75. The Morgan fingerprint density at radius 2 is 1.79 bits per heavy atom. The van der Waals surface area contributed by atoms with Crippen molar-refractivity contribution in [3.63, 3.8) is 0 Å². The molecule has 0 spiro atoms. The van der Waals surface area contributed by atoms with Crippen LogP contribution in [0.25, 0.3) is 0 Å². The average Bonchev–Trinajstić information content (AvgIpc) is 2.16. The van der Waals surface area contributed by atoms with Gasteiger partial charge in [-0.3, -0.25) is 0 Å². The third-order valence-corrected chi connectivity index (χ3v) is 3.08. The first-order valence-electron chi connectivity index (χ1n) is 4.50. The summed E-state index contributed by atoms with van der Waals surface area (Å²) < 4.78 is 0. The van der Waals surface area contributed by atoms with Gasteiger partial charge in [-0.2, -0.15) is 12.6 Å². The molecule has 0 saturated heterocycles. The Bertz CT molecular complexity index is 411. The summed E-state index contributed by atoms with van der Waals surface area (Å²) in [5, 5.41) is 0. The lowest BCUT2D eigenvalue weighted by Gasteiger charge is -2.15. The Balaban J connectivity index is 3.67. The van der Waals surface area contributed by atoms with Crippen molar-refractivity contribution in [2.24, 2.45) is 0 Å². The molecule has 0 radical (unpaired) electrons. The Kier molecular flexibility index (Phi) is 3.13. The molecule has 0 saturated carbocycles. The Morgan fingerprint density at radius 3 is 2.21 bits per heavy atom. The van der Waals surface area contributed by atoms with E-state index in [2.05, 4.69) is 18.5 Å². The second-order valence-electron chi connectivity index (χ2n) is 3.44. The van der Waals surface area contributed by atoms with Crippen LogP contribution in [0.15, 0.2) is 0 Å². The highest BCUT2D eigenvalue weighted by molar-refractivity contribution is 7.79. The maximum atomic E-state index is 5.97. The van der Waals surface area contributed by atoms with E-state index in [1.807, 2.05) is 20.8 Å². The Hall–Kier alpha value is -1.07. The maximum Gasteiger partial charge on any atom is 0.0389 e. The van der Waals surface area contributed by atoms with Crippen molar-refractivity contribution in [1.29, 1.82) is 0 Å². The molecule has 0 heterocycles. The largest absolute Gasteiger partial charge is 0.398 e. The smallest absolute Gasteiger partial charge is 0.0389 e. The van der Waals surface area contributed by atoms with Gasteiger partial charge < -0.3 is 5.73 Å². The number of hydrogen-bond acceptors (Lipinski definition) is 2. The summed E-state index contributed by atoms with van der Waals surface area (Å²) in [4.78, 5) is 0. The fraction of sp³-hybridized carbons (Fsp3) is 0.333. The minimum absolute atomic E-state index is 0.677. The number of rotatable bonds is 1. The zero-order valence-electron chi connectivity index (χ0n) is 8.81. The summed E-state index contributed by atoms with van der Waals surface area (Å²) in [5.74, 6) is 3.37. The lowest BCUT2D eigenvalue weighted by Crippen LogP contribution is -2.04. The molecule has 0 amide bonds. The van der Waals surface area contributed by atoms with E-state index in [1.165, 1.54) is 0 Å². The van der Waals surface area contributed by atoms with Crippen molar-refractivity contribution < 1.29 is 0 Å². The molecule has 0 aliphatic carbocycles. The van der Waals surface area contributed by atoms with Crippen molar-refractivity contribution in [1.82, 2.24) is 0 Å². The number of thiol groups is 1. The van der Waals surface area contributed by atoms with E-state index in [4.69, 9.17) is 12.2 Å². The second-order valence-corrected chi connectivity index (χ2v) is 3.76. The second kappa shape index (κ2) is 3.98. The molecule has 74 valence electrons. The van der Waals surface area contributed by atoms with Gasteiger partial charge in [0.15, 0.2) is 0 Å². The minimum atomic E-state index is 0.677. The van der Waals surface area contributed by atoms with E-state index in [-0.39, 0.29) is 0 Å². The molecular formula is C12H15NS. The predicted octanol–water partition coefficient (Wildman–Crippen LogP) is 2.61. The summed E-state index contributed by atoms with van der Waals surface area (Å²) in [6.07, 6.45) is 5.46. The first-order chi connectivity index (χ1) is 6.54. The third-order valence-electron chi connectivity index (χ3n) is 2.77. The van der Waals surface area contributed by atoms with E-state index < -0.39 is 0 Å². The van der Waals surface area contributed by atoms with Crippen LogP contribution >= 0.6 is 12.6 Å². The molecule has 1 aromatic rings. The van der Waals surface area contributed by atoms with Gasteiger partial charge in [0.05, 0.1) is 0 Å². The van der Waals surface area contributed by atoms with Gasteiger partial charge in [-0.25, -0.2) is 0 Å². The van der Waals surface area contributed by atoms with Crippen LogP contribution in [0.2, 0.25) is 0 Å². The van der Waals surface area contributed by atoms with Crippen molar-refractivity contribution in [3.05, 3.63) is 27.8 Å². The zero-order chi connectivity index (χ0) is 10.9. The lowest BCUT2D eigenvalue weighted by atomic mass is 9.93. The summed E-state index contributed by atoms with van der Waals surface area (Å²) in [6, 6.07) is 0. The Labute approximate surface area is 91.1 Å². The molecule has 2 heteroatoms.